The Balaban J connectivity index is 1.96. The predicted molar refractivity (Wildman–Crippen MR) is 133 cm³/mol. The van der Waals surface area contributed by atoms with E-state index < -0.39 is 12.0 Å². The zero-order valence-electron chi connectivity index (χ0n) is 20.2. The Morgan fingerprint density at radius 3 is 2.40 bits per heavy atom. The molecule has 0 fully saturated rings. The fraction of sp³-hybridized carbons (Fsp3) is 0.269. The molecule has 0 aliphatic carbocycles. The number of benzene rings is 2. The summed E-state index contributed by atoms with van der Waals surface area (Å²) in [4.78, 5) is 31.7. The summed E-state index contributed by atoms with van der Waals surface area (Å²) in [5.74, 6) is 0.903. The second-order valence-corrected chi connectivity index (χ2v) is 8.65. The van der Waals surface area contributed by atoms with Crippen LogP contribution in [-0.4, -0.2) is 38.5 Å². The molecular formula is C26H26N2O6S. The highest BCUT2D eigenvalue weighted by molar-refractivity contribution is 7.07. The number of hydrogen-bond acceptors (Lipinski definition) is 8. The minimum Gasteiger partial charge on any atom is -0.493 e. The molecule has 8 nitrogen and oxygen atoms in total. The smallest absolute Gasteiger partial charge is 0.338 e. The van der Waals surface area contributed by atoms with Gasteiger partial charge < -0.3 is 18.9 Å². The van der Waals surface area contributed by atoms with Crippen molar-refractivity contribution in [2.24, 2.45) is 4.99 Å². The molecule has 3 aromatic rings. The number of fused-ring (bicyclic) bond motifs is 1. The summed E-state index contributed by atoms with van der Waals surface area (Å²) >= 11 is 1.24. The number of thiazole rings is 1. The number of esters is 1. The molecule has 0 spiro atoms. The third-order valence-corrected chi connectivity index (χ3v) is 6.64. The highest BCUT2D eigenvalue weighted by Gasteiger charge is 2.33. The van der Waals surface area contributed by atoms with E-state index in [0.717, 1.165) is 5.56 Å². The van der Waals surface area contributed by atoms with Crippen molar-refractivity contribution >= 4 is 23.4 Å². The largest absolute Gasteiger partial charge is 0.493 e. The van der Waals surface area contributed by atoms with E-state index in [-0.39, 0.29) is 12.2 Å². The minimum atomic E-state index is -0.652. The van der Waals surface area contributed by atoms with Crippen LogP contribution in [0, 0.1) is 0 Å². The molecule has 1 atom stereocenters. The zero-order valence-corrected chi connectivity index (χ0v) is 21.0. The monoisotopic (exact) mass is 494 g/mol. The standard InChI is InChI=1S/C26H26N2O6S/c1-6-34-25(30)20-15(2)27-26-28(21(20)16-10-8-7-9-11-16)24(29)19(35-26)14-17-12-13-18(31-3)23(33-5)22(17)32-4/h7-14,21H,6H2,1-5H3/b19-14+/t21-/m0/s1. The van der Waals surface area contributed by atoms with Crippen molar-refractivity contribution in [2.75, 3.05) is 27.9 Å². The summed E-state index contributed by atoms with van der Waals surface area (Å²) < 4.78 is 23.7. The van der Waals surface area contributed by atoms with Crippen molar-refractivity contribution in [2.45, 2.75) is 19.9 Å². The van der Waals surface area contributed by atoms with Crippen LogP contribution in [0.5, 0.6) is 17.2 Å². The highest BCUT2D eigenvalue weighted by atomic mass is 32.1. The number of carbonyl (C=O) groups excluding carboxylic acids is 1. The average Bonchev–Trinajstić information content (AvgIpc) is 3.17. The van der Waals surface area contributed by atoms with Crippen LogP contribution in [0.1, 0.15) is 31.0 Å². The van der Waals surface area contributed by atoms with Crippen LogP contribution >= 0.6 is 11.3 Å². The summed E-state index contributed by atoms with van der Waals surface area (Å²) in [7, 11) is 4.60. The summed E-state index contributed by atoms with van der Waals surface area (Å²) in [6, 6.07) is 12.3. The lowest BCUT2D eigenvalue weighted by Crippen LogP contribution is -2.39. The van der Waals surface area contributed by atoms with Crippen molar-refractivity contribution in [3.8, 4) is 17.2 Å². The summed E-state index contributed by atoms with van der Waals surface area (Å²) in [5.41, 5.74) is 2.04. The van der Waals surface area contributed by atoms with Crippen molar-refractivity contribution < 1.29 is 23.7 Å². The molecule has 2 heterocycles. The molecule has 0 amide bonds. The Kier molecular flexibility index (Phi) is 7.07. The SMILES string of the molecule is CCOC(=O)C1=C(C)N=c2s/c(=C/c3ccc(OC)c(OC)c3OC)c(=O)n2[C@H]1c1ccccc1. The summed E-state index contributed by atoms with van der Waals surface area (Å²) in [6.45, 7) is 3.73. The van der Waals surface area contributed by atoms with E-state index in [1.54, 1.807) is 43.7 Å². The first-order chi connectivity index (χ1) is 16.9. The van der Waals surface area contributed by atoms with E-state index in [9.17, 15) is 9.59 Å². The van der Waals surface area contributed by atoms with Gasteiger partial charge in [0.1, 0.15) is 0 Å². The fourth-order valence-electron chi connectivity index (χ4n) is 4.12. The molecule has 0 bridgehead atoms. The number of hydrogen-bond donors (Lipinski definition) is 0. The maximum absolute atomic E-state index is 13.7. The van der Waals surface area contributed by atoms with Gasteiger partial charge in [0.05, 0.1) is 49.8 Å². The first-order valence-electron chi connectivity index (χ1n) is 11.0. The molecule has 1 aliphatic heterocycles. The first-order valence-corrected chi connectivity index (χ1v) is 11.8. The van der Waals surface area contributed by atoms with Gasteiger partial charge in [-0.1, -0.05) is 41.7 Å². The Labute approximate surface area is 206 Å². The second kappa shape index (κ2) is 10.2. The van der Waals surface area contributed by atoms with Crippen LogP contribution in [0.25, 0.3) is 6.08 Å². The Hall–Kier alpha value is -3.85. The molecule has 0 saturated carbocycles. The fourth-order valence-corrected chi connectivity index (χ4v) is 5.16. The normalized spacial score (nSPS) is 15.3. The molecule has 9 heteroatoms. The van der Waals surface area contributed by atoms with Crippen LogP contribution in [0.2, 0.25) is 0 Å². The van der Waals surface area contributed by atoms with Crippen LogP contribution in [0.4, 0.5) is 0 Å². The topological polar surface area (TPSA) is 88.4 Å². The number of allylic oxidation sites excluding steroid dienone is 1. The van der Waals surface area contributed by atoms with Crippen molar-refractivity contribution in [3.63, 3.8) is 0 Å². The molecule has 0 unspecified atom stereocenters. The van der Waals surface area contributed by atoms with Crippen molar-refractivity contribution in [3.05, 3.63) is 84.5 Å². The van der Waals surface area contributed by atoms with Crippen LogP contribution in [0.3, 0.4) is 0 Å². The molecule has 4 rings (SSSR count). The number of ether oxygens (including phenoxy) is 4. The molecule has 2 aromatic carbocycles. The van der Waals surface area contributed by atoms with E-state index in [4.69, 9.17) is 18.9 Å². The van der Waals surface area contributed by atoms with Gasteiger partial charge in [0.2, 0.25) is 5.75 Å². The first kappa shape index (κ1) is 24.3. The Morgan fingerprint density at radius 1 is 1.06 bits per heavy atom. The van der Waals surface area contributed by atoms with Crippen LogP contribution in [-0.2, 0) is 9.53 Å². The number of rotatable bonds is 7. The van der Waals surface area contributed by atoms with E-state index >= 15 is 0 Å². The Bertz CT molecular complexity index is 1470. The molecule has 1 aromatic heterocycles. The predicted octanol–water partition coefficient (Wildman–Crippen LogP) is 2.82. The van der Waals surface area contributed by atoms with Gasteiger partial charge in [-0.25, -0.2) is 9.79 Å². The molecule has 182 valence electrons. The number of methoxy groups -OCH3 is 3. The quantitative estimate of drug-likeness (QED) is 0.470. The summed E-state index contributed by atoms with van der Waals surface area (Å²) in [6.07, 6.45) is 1.73. The van der Waals surface area contributed by atoms with Crippen LogP contribution < -0.4 is 29.1 Å². The lowest BCUT2D eigenvalue weighted by atomic mass is 9.96. The van der Waals surface area contributed by atoms with Crippen molar-refractivity contribution in [1.82, 2.24) is 4.57 Å². The lowest BCUT2D eigenvalue weighted by Gasteiger charge is -2.24. The van der Waals surface area contributed by atoms with Gasteiger partial charge in [-0.05, 0) is 37.6 Å². The van der Waals surface area contributed by atoms with Gasteiger partial charge in [0.15, 0.2) is 16.3 Å². The third kappa shape index (κ3) is 4.35. The van der Waals surface area contributed by atoms with Gasteiger partial charge in [-0.2, -0.15) is 0 Å². The maximum Gasteiger partial charge on any atom is 0.338 e. The van der Waals surface area contributed by atoms with E-state index in [1.807, 2.05) is 30.3 Å². The number of aromatic nitrogens is 1. The average molecular weight is 495 g/mol. The molecule has 1 aliphatic rings. The van der Waals surface area contributed by atoms with Crippen LogP contribution in [0.15, 0.2) is 63.5 Å². The molecular weight excluding hydrogens is 468 g/mol. The van der Waals surface area contributed by atoms with Gasteiger partial charge in [-0.15, -0.1) is 0 Å². The van der Waals surface area contributed by atoms with Gasteiger partial charge in [0, 0.05) is 5.56 Å². The minimum absolute atomic E-state index is 0.223. The maximum atomic E-state index is 13.7. The molecule has 0 N–H and O–H groups in total. The number of nitrogens with zero attached hydrogens (tertiary/aromatic N) is 2. The summed E-state index contributed by atoms with van der Waals surface area (Å²) in [5, 5.41) is 0. The molecule has 0 saturated heterocycles. The van der Waals surface area contributed by atoms with Crippen molar-refractivity contribution in [1.29, 1.82) is 0 Å². The highest BCUT2D eigenvalue weighted by Crippen LogP contribution is 2.40. The second-order valence-electron chi connectivity index (χ2n) is 7.64. The number of carbonyl (C=O) groups is 1. The molecule has 35 heavy (non-hydrogen) atoms. The zero-order chi connectivity index (χ0) is 25.1. The third-order valence-electron chi connectivity index (χ3n) is 5.65. The Morgan fingerprint density at radius 2 is 1.77 bits per heavy atom. The van der Waals surface area contributed by atoms with E-state index in [0.29, 0.717) is 43.4 Å². The van der Waals surface area contributed by atoms with Gasteiger partial charge in [0.25, 0.3) is 5.56 Å². The van der Waals surface area contributed by atoms with E-state index in [1.165, 1.54) is 25.6 Å². The van der Waals surface area contributed by atoms with E-state index in [2.05, 4.69) is 4.99 Å². The van der Waals surface area contributed by atoms with Gasteiger partial charge >= 0.3 is 5.97 Å². The van der Waals surface area contributed by atoms with Gasteiger partial charge in [-0.3, -0.25) is 9.36 Å². The lowest BCUT2D eigenvalue weighted by molar-refractivity contribution is -0.139. The molecule has 0 radical (unpaired) electrons.